The van der Waals surface area contributed by atoms with Crippen molar-refractivity contribution in [3.05, 3.63) is 24.3 Å². The molecule has 0 saturated carbocycles. The van der Waals surface area contributed by atoms with Crippen LogP contribution in [0.3, 0.4) is 0 Å². The van der Waals surface area contributed by atoms with Gasteiger partial charge in [0.15, 0.2) is 12.0 Å². The maximum atomic E-state index is 5.80. The number of benzene rings is 1. The van der Waals surface area contributed by atoms with Gasteiger partial charge in [-0.1, -0.05) is 12.1 Å². The van der Waals surface area contributed by atoms with E-state index < -0.39 is 0 Å². The zero-order chi connectivity index (χ0) is 11.7. The molecule has 0 radical (unpaired) electrons. The lowest BCUT2D eigenvalue weighted by atomic mass is 10.2. The van der Waals surface area contributed by atoms with Gasteiger partial charge >= 0.3 is 0 Å². The molecule has 1 aliphatic heterocycles. The van der Waals surface area contributed by atoms with E-state index in [1.54, 1.807) is 0 Å². The third kappa shape index (κ3) is 1.78. The Bertz CT molecular complexity index is 514. The molecule has 1 aromatic heterocycles. The van der Waals surface area contributed by atoms with E-state index in [2.05, 4.69) is 22.5 Å². The van der Waals surface area contributed by atoms with Crippen molar-refractivity contribution in [1.29, 1.82) is 0 Å². The highest BCUT2D eigenvalue weighted by Gasteiger charge is 2.20. The van der Waals surface area contributed by atoms with Gasteiger partial charge in [0.1, 0.15) is 0 Å². The van der Waals surface area contributed by atoms with Gasteiger partial charge in [-0.15, -0.1) is 0 Å². The Kier molecular flexibility index (Phi) is 2.73. The van der Waals surface area contributed by atoms with Gasteiger partial charge in [-0.25, -0.2) is 4.68 Å². The maximum Gasteiger partial charge on any atom is 0.155 e. The summed E-state index contributed by atoms with van der Waals surface area (Å²) in [7, 11) is 1.90. The second kappa shape index (κ2) is 4.37. The number of anilines is 1. The number of hydrogen-bond acceptors (Lipinski definition) is 3. The molecule has 0 spiro atoms. The summed E-state index contributed by atoms with van der Waals surface area (Å²) < 4.78 is 7.82. The molecule has 1 saturated heterocycles. The second-order valence-electron chi connectivity index (χ2n) is 4.38. The van der Waals surface area contributed by atoms with E-state index in [1.807, 2.05) is 23.9 Å². The van der Waals surface area contributed by atoms with Gasteiger partial charge < -0.3 is 10.1 Å². The summed E-state index contributed by atoms with van der Waals surface area (Å²) >= 11 is 0. The van der Waals surface area contributed by atoms with Crippen molar-refractivity contribution in [2.45, 2.75) is 25.5 Å². The SMILES string of the molecule is CNc1nn(C2CCCCO2)c2ccccc12. The van der Waals surface area contributed by atoms with Crippen LogP contribution in [0.15, 0.2) is 24.3 Å². The van der Waals surface area contributed by atoms with E-state index in [0.29, 0.717) is 0 Å². The first-order valence-electron chi connectivity index (χ1n) is 6.17. The van der Waals surface area contributed by atoms with Crippen LogP contribution in [0, 0.1) is 0 Å². The first-order chi connectivity index (χ1) is 8.40. The molecule has 1 fully saturated rings. The number of aromatic nitrogens is 2. The summed E-state index contributed by atoms with van der Waals surface area (Å²) in [5.41, 5.74) is 1.14. The van der Waals surface area contributed by atoms with Crippen LogP contribution in [0.2, 0.25) is 0 Å². The molecule has 17 heavy (non-hydrogen) atoms. The molecular weight excluding hydrogens is 214 g/mol. The van der Waals surface area contributed by atoms with Crippen LogP contribution < -0.4 is 5.32 Å². The molecule has 2 heterocycles. The summed E-state index contributed by atoms with van der Waals surface area (Å²) in [6.07, 6.45) is 3.52. The fraction of sp³-hybridized carbons (Fsp3) is 0.462. The monoisotopic (exact) mass is 231 g/mol. The minimum absolute atomic E-state index is 0.0933. The van der Waals surface area contributed by atoms with Gasteiger partial charge in [-0.05, 0) is 31.4 Å². The fourth-order valence-electron chi connectivity index (χ4n) is 2.41. The molecule has 0 amide bonds. The highest BCUT2D eigenvalue weighted by molar-refractivity contribution is 5.90. The van der Waals surface area contributed by atoms with E-state index >= 15 is 0 Å². The quantitative estimate of drug-likeness (QED) is 0.863. The Hall–Kier alpha value is -1.55. The molecule has 1 N–H and O–H groups in total. The Labute approximate surface area is 101 Å². The Morgan fingerprint density at radius 2 is 2.24 bits per heavy atom. The van der Waals surface area contributed by atoms with Crippen molar-refractivity contribution >= 4 is 16.7 Å². The molecule has 4 nitrogen and oxygen atoms in total. The molecule has 1 atom stereocenters. The third-order valence-corrected chi connectivity index (χ3v) is 3.28. The molecule has 90 valence electrons. The van der Waals surface area contributed by atoms with Crippen LogP contribution in [-0.4, -0.2) is 23.4 Å². The highest BCUT2D eigenvalue weighted by Crippen LogP contribution is 2.29. The summed E-state index contributed by atoms with van der Waals surface area (Å²) in [4.78, 5) is 0. The van der Waals surface area contributed by atoms with E-state index in [4.69, 9.17) is 4.74 Å². The minimum Gasteiger partial charge on any atom is -0.371 e. The number of rotatable bonds is 2. The van der Waals surface area contributed by atoms with Crippen LogP contribution in [0.4, 0.5) is 5.82 Å². The van der Waals surface area contributed by atoms with Crippen LogP contribution in [0.1, 0.15) is 25.5 Å². The summed E-state index contributed by atoms with van der Waals surface area (Å²) in [6, 6.07) is 8.27. The normalized spacial score (nSPS) is 20.6. The molecule has 0 aliphatic carbocycles. The van der Waals surface area contributed by atoms with Gasteiger partial charge in [0.05, 0.1) is 5.52 Å². The van der Waals surface area contributed by atoms with Crippen molar-refractivity contribution in [2.24, 2.45) is 0 Å². The van der Waals surface area contributed by atoms with Gasteiger partial charge in [0.25, 0.3) is 0 Å². The predicted octanol–water partition coefficient (Wildman–Crippen LogP) is 2.78. The Morgan fingerprint density at radius 3 is 3.00 bits per heavy atom. The minimum atomic E-state index is 0.0933. The Balaban J connectivity index is 2.08. The molecule has 3 rings (SSSR count). The average molecular weight is 231 g/mol. The highest BCUT2D eigenvalue weighted by atomic mass is 16.5. The summed E-state index contributed by atoms with van der Waals surface area (Å²) in [5, 5.41) is 8.91. The maximum absolute atomic E-state index is 5.80. The molecule has 1 aromatic carbocycles. The molecule has 4 heteroatoms. The predicted molar refractivity (Wildman–Crippen MR) is 68.1 cm³/mol. The lowest BCUT2D eigenvalue weighted by molar-refractivity contribution is -0.0365. The van der Waals surface area contributed by atoms with E-state index in [0.717, 1.165) is 36.2 Å². The number of fused-ring (bicyclic) bond motifs is 1. The zero-order valence-electron chi connectivity index (χ0n) is 10.0. The van der Waals surface area contributed by atoms with Crippen molar-refractivity contribution in [1.82, 2.24) is 9.78 Å². The standard InChI is InChI=1S/C13H17N3O/c1-14-13-10-6-2-3-7-11(10)16(15-13)12-8-4-5-9-17-12/h2-3,6-7,12H,4-5,8-9H2,1H3,(H,14,15). The number of nitrogens with one attached hydrogen (secondary N) is 1. The zero-order valence-corrected chi connectivity index (χ0v) is 10.0. The van der Waals surface area contributed by atoms with Crippen molar-refractivity contribution in [2.75, 3.05) is 19.0 Å². The van der Waals surface area contributed by atoms with Crippen LogP contribution in [0.25, 0.3) is 10.9 Å². The smallest absolute Gasteiger partial charge is 0.155 e. The van der Waals surface area contributed by atoms with Gasteiger partial charge in [0, 0.05) is 19.0 Å². The van der Waals surface area contributed by atoms with Crippen LogP contribution >= 0.6 is 0 Å². The first-order valence-corrected chi connectivity index (χ1v) is 6.17. The number of ether oxygens (including phenoxy) is 1. The summed E-state index contributed by atoms with van der Waals surface area (Å²) in [5.74, 6) is 0.926. The summed E-state index contributed by atoms with van der Waals surface area (Å²) in [6.45, 7) is 0.841. The van der Waals surface area contributed by atoms with Crippen molar-refractivity contribution in [3.63, 3.8) is 0 Å². The molecule has 1 unspecified atom stereocenters. The lowest BCUT2D eigenvalue weighted by Gasteiger charge is -2.23. The van der Waals surface area contributed by atoms with Crippen LogP contribution in [-0.2, 0) is 4.74 Å². The topological polar surface area (TPSA) is 39.1 Å². The van der Waals surface area contributed by atoms with Crippen molar-refractivity contribution in [3.8, 4) is 0 Å². The first kappa shape index (κ1) is 10.6. The van der Waals surface area contributed by atoms with E-state index in [9.17, 15) is 0 Å². The van der Waals surface area contributed by atoms with E-state index in [1.165, 1.54) is 6.42 Å². The molecule has 0 bridgehead atoms. The number of nitrogens with zero attached hydrogens (tertiary/aromatic N) is 2. The second-order valence-corrected chi connectivity index (χ2v) is 4.38. The molecule has 1 aliphatic rings. The molecular formula is C13H17N3O. The third-order valence-electron chi connectivity index (χ3n) is 3.28. The lowest BCUT2D eigenvalue weighted by Crippen LogP contribution is -2.19. The van der Waals surface area contributed by atoms with Crippen molar-refractivity contribution < 1.29 is 4.74 Å². The fourth-order valence-corrected chi connectivity index (χ4v) is 2.41. The molecule has 2 aromatic rings. The van der Waals surface area contributed by atoms with Gasteiger partial charge in [0.2, 0.25) is 0 Å². The van der Waals surface area contributed by atoms with E-state index in [-0.39, 0.29) is 6.23 Å². The van der Waals surface area contributed by atoms with Crippen LogP contribution in [0.5, 0.6) is 0 Å². The number of hydrogen-bond donors (Lipinski definition) is 1. The largest absolute Gasteiger partial charge is 0.371 e. The van der Waals surface area contributed by atoms with Gasteiger partial charge in [-0.2, -0.15) is 5.10 Å². The Morgan fingerprint density at radius 1 is 1.35 bits per heavy atom. The number of para-hydroxylation sites is 1. The average Bonchev–Trinajstić information content (AvgIpc) is 2.78. The van der Waals surface area contributed by atoms with Gasteiger partial charge in [-0.3, -0.25) is 0 Å².